The maximum atomic E-state index is 10.5. The first-order valence-corrected chi connectivity index (χ1v) is 14.5. The molecule has 1 unspecified atom stereocenters. The maximum Gasteiger partial charge on any atom is 0.328 e. The van der Waals surface area contributed by atoms with Crippen LogP contribution in [0.5, 0.6) is 0 Å². The molecule has 3 atom stereocenters. The molecular weight excluding hydrogens is 594 g/mol. The molecule has 5 aromatic rings. The van der Waals surface area contributed by atoms with E-state index in [0.29, 0.717) is 25.9 Å². The molecule has 5 heterocycles. The first-order valence-electron chi connectivity index (χ1n) is 14.5. The largest absolute Gasteiger partial charge is 0.481 e. The van der Waals surface area contributed by atoms with Crippen molar-refractivity contribution in [3.05, 3.63) is 91.3 Å². The number of hydrogen-bond donors (Lipinski definition) is 9. The lowest BCUT2D eigenvalue weighted by atomic mass is 10.1. The number of imidazole rings is 1. The van der Waals surface area contributed by atoms with Crippen molar-refractivity contribution in [2.75, 3.05) is 13.1 Å². The number of carboxylic acids is 3. The Morgan fingerprint density at radius 3 is 2.17 bits per heavy atom. The van der Waals surface area contributed by atoms with Crippen molar-refractivity contribution >= 4 is 45.5 Å². The van der Waals surface area contributed by atoms with E-state index >= 15 is 0 Å². The van der Waals surface area contributed by atoms with Crippen molar-refractivity contribution < 1.29 is 34.8 Å². The molecule has 1 saturated heterocycles. The molecule has 0 aliphatic carbocycles. The highest BCUT2D eigenvalue weighted by atomic mass is 16.4. The van der Waals surface area contributed by atoms with E-state index in [1.165, 1.54) is 10.9 Å². The third kappa shape index (κ3) is 11.9. The summed E-state index contributed by atoms with van der Waals surface area (Å²) in [5.41, 5.74) is 3.03. The number of hydrogen-bond acceptors (Lipinski definition) is 8. The lowest BCUT2D eigenvalue weighted by Gasteiger charge is -2.16. The van der Waals surface area contributed by atoms with Gasteiger partial charge < -0.3 is 46.0 Å². The minimum atomic E-state index is -0.883. The van der Waals surface area contributed by atoms with Gasteiger partial charge >= 0.3 is 17.9 Å². The second-order valence-corrected chi connectivity index (χ2v) is 10.2. The van der Waals surface area contributed by atoms with Gasteiger partial charge in [0.25, 0.3) is 0 Å². The molecule has 0 radical (unpaired) electrons. The van der Waals surface area contributed by atoms with Crippen LogP contribution in [0.15, 0.2) is 90.7 Å². The molecule has 9 N–H and O–H groups in total. The molecule has 14 heteroatoms. The number of carboxylic acid groups (broad SMARTS) is 3. The second-order valence-electron chi connectivity index (χ2n) is 10.2. The van der Waals surface area contributed by atoms with Gasteiger partial charge in [0, 0.05) is 60.7 Å². The Kier molecular flexibility index (Phi) is 14.0. The normalized spacial score (nSPS) is 18.0. The number of para-hydroxylation sites is 2. The van der Waals surface area contributed by atoms with Gasteiger partial charge in [-0.05, 0) is 42.5 Å². The first kappa shape index (κ1) is 35.0. The molecule has 2 aliphatic rings. The number of aromatic amines is 3. The van der Waals surface area contributed by atoms with Crippen LogP contribution in [0.1, 0.15) is 25.3 Å². The Morgan fingerprint density at radius 1 is 0.913 bits per heavy atom. The number of benzene rings is 2. The Morgan fingerprint density at radius 2 is 1.65 bits per heavy atom. The van der Waals surface area contributed by atoms with Crippen molar-refractivity contribution in [1.82, 2.24) is 30.6 Å². The third-order valence-electron chi connectivity index (χ3n) is 6.72. The zero-order chi connectivity index (χ0) is 33.3. The molecule has 244 valence electrons. The van der Waals surface area contributed by atoms with Crippen LogP contribution in [0.4, 0.5) is 0 Å². The molecule has 1 fully saturated rings. The van der Waals surface area contributed by atoms with E-state index < -0.39 is 36.1 Å². The van der Waals surface area contributed by atoms with E-state index in [1.807, 2.05) is 42.6 Å². The first-order chi connectivity index (χ1) is 22.1. The topological polar surface area (TPSA) is 229 Å². The van der Waals surface area contributed by atoms with Crippen molar-refractivity contribution in [2.24, 2.45) is 4.99 Å². The average molecular weight is 634 g/mol. The number of β-amino-alcohol motifs (C(OH)–C–C–N with tert-alkyl or cyclic N) is 1. The van der Waals surface area contributed by atoms with Crippen LogP contribution in [0.3, 0.4) is 0 Å². The number of fused-ring (bicyclic) bond motifs is 2. The van der Waals surface area contributed by atoms with E-state index in [-0.39, 0.29) is 6.42 Å². The molecule has 0 saturated carbocycles. The van der Waals surface area contributed by atoms with Crippen molar-refractivity contribution in [3.63, 3.8) is 0 Å². The number of amidine groups is 1. The maximum absolute atomic E-state index is 10.5. The zero-order valence-electron chi connectivity index (χ0n) is 25.3. The van der Waals surface area contributed by atoms with Crippen LogP contribution in [0, 0.1) is 0 Å². The minimum absolute atomic E-state index is 0.0734. The number of H-pyrrole nitrogens is 3. The summed E-state index contributed by atoms with van der Waals surface area (Å²) in [5.74, 6) is -1.80. The van der Waals surface area contributed by atoms with Crippen molar-refractivity contribution in [1.29, 1.82) is 0 Å². The van der Waals surface area contributed by atoms with Gasteiger partial charge in [-0.25, -0.2) is 9.78 Å². The van der Waals surface area contributed by atoms with Crippen molar-refractivity contribution in [3.8, 4) is 0 Å². The molecule has 7 rings (SSSR count). The van der Waals surface area contributed by atoms with Gasteiger partial charge in [0.1, 0.15) is 6.04 Å². The van der Waals surface area contributed by atoms with Crippen LogP contribution >= 0.6 is 0 Å². The van der Waals surface area contributed by atoms with Gasteiger partial charge in [-0.3, -0.25) is 14.6 Å². The monoisotopic (exact) mass is 633 g/mol. The molecule has 0 spiro atoms. The van der Waals surface area contributed by atoms with Crippen LogP contribution in [-0.2, 0) is 20.8 Å². The fourth-order valence-corrected chi connectivity index (χ4v) is 4.47. The molecule has 46 heavy (non-hydrogen) atoms. The molecule has 2 aromatic carbocycles. The van der Waals surface area contributed by atoms with Crippen LogP contribution < -0.4 is 10.6 Å². The summed E-state index contributed by atoms with van der Waals surface area (Å²) >= 11 is 0. The van der Waals surface area contributed by atoms with Crippen molar-refractivity contribution in [2.45, 2.75) is 44.4 Å². The predicted octanol–water partition coefficient (Wildman–Crippen LogP) is 3.02. The smallest absolute Gasteiger partial charge is 0.328 e. The standard InChI is InChI=1S/C10H9NO2.C8H7N.C6H10N2O2.C5H9NO3.C3H4N2/c12-10(13)5-7-6-11-9-4-2-1-3-8(7)9;1-2-4-8-7(3-1)5-6-9-8;1-4-7-3-2-5(8-4)6(9)10;7-3-1-4(5(8)9)6-2-3;1-2-5-3-4-1/h1-4,6,11H,5H2,(H,12,13);1-6,9H;5H,2-3H2,1H3,(H,7,8)(H,9,10);3-4,6-7H,1-2H2,(H,8,9);1-3H,(H,4,5)/t;;5-;3?,4-;/m..00./s1. The molecular formula is C32H39N7O7. The lowest BCUT2D eigenvalue weighted by Crippen LogP contribution is -2.35. The van der Waals surface area contributed by atoms with E-state index in [0.717, 1.165) is 22.3 Å². The molecule has 2 aliphatic heterocycles. The van der Waals surface area contributed by atoms with Gasteiger partial charge in [0.05, 0.1) is 24.7 Å². The van der Waals surface area contributed by atoms with Gasteiger partial charge in [-0.2, -0.15) is 0 Å². The third-order valence-corrected chi connectivity index (χ3v) is 6.72. The Hall–Kier alpha value is -5.47. The number of rotatable bonds is 4. The Balaban J connectivity index is 0.000000160. The van der Waals surface area contributed by atoms with E-state index in [2.05, 4.69) is 53.8 Å². The highest BCUT2D eigenvalue weighted by Gasteiger charge is 2.27. The molecule has 0 amide bonds. The lowest BCUT2D eigenvalue weighted by molar-refractivity contribution is -0.139. The number of aliphatic hydroxyl groups is 1. The number of carbonyl (C=O) groups is 3. The number of aliphatic carboxylic acids is 3. The molecule has 0 bridgehead atoms. The van der Waals surface area contributed by atoms with E-state index in [9.17, 15) is 14.4 Å². The van der Waals surface area contributed by atoms with Gasteiger partial charge in [-0.1, -0.05) is 36.4 Å². The zero-order valence-corrected chi connectivity index (χ0v) is 25.3. The highest BCUT2D eigenvalue weighted by Crippen LogP contribution is 2.17. The van der Waals surface area contributed by atoms with Crippen LogP contribution in [0.25, 0.3) is 21.8 Å². The van der Waals surface area contributed by atoms with Gasteiger partial charge in [-0.15, -0.1) is 0 Å². The summed E-state index contributed by atoms with van der Waals surface area (Å²) in [4.78, 5) is 47.5. The van der Waals surface area contributed by atoms with E-state index in [4.69, 9.17) is 20.4 Å². The number of nitrogens with one attached hydrogen (secondary N) is 5. The Labute approximate surface area is 264 Å². The van der Waals surface area contributed by atoms with E-state index in [1.54, 1.807) is 31.8 Å². The summed E-state index contributed by atoms with van der Waals surface area (Å²) in [5, 5.41) is 42.2. The number of aliphatic hydroxyl groups excluding tert-OH is 1. The number of aliphatic imine (C=N–C) groups is 1. The number of aromatic nitrogens is 4. The van der Waals surface area contributed by atoms with Crippen LogP contribution in [-0.4, -0.2) is 95.4 Å². The highest BCUT2D eigenvalue weighted by molar-refractivity contribution is 5.87. The molecule has 14 nitrogen and oxygen atoms in total. The predicted molar refractivity (Wildman–Crippen MR) is 174 cm³/mol. The quantitative estimate of drug-likeness (QED) is 0.140. The SMILES string of the molecule is CC1=N[C@H](C(=O)O)CCN1.O=C(O)Cc1c[nH]c2ccccc12.O=C(O)[C@@H]1CC(O)CN1.c1c[nH]cn1.c1ccc2[nH]ccc2c1. The fraction of sp³-hybridized carbons (Fsp3) is 0.281. The van der Waals surface area contributed by atoms with Gasteiger partial charge in [0.2, 0.25) is 0 Å². The Bertz CT molecular complexity index is 1630. The minimum Gasteiger partial charge on any atom is -0.481 e. The molecule has 3 aromatic heterocycles. The second kappa shape index (κ2) is 18.4. The summed E-state index contributed by atoms with van der Waals surface area (Å²) < 4.78 is 0. The summed E-state index contributed by atoms with van der Waals surface area (Å²) in [6.45, 7) is 2.89. The summed E-state index contributed by atoms with van der Waals surface area (Å²) in [6, 6.07) is 16.9. The average Bonchev–Trinajstić information content (AvgIpc) is 3.87. The summed E-state index contributed by atoms with van der Waals surface area (Å²) in [6.07, 6.45) is 9.29. The fourth-order valence-electron chi connectivity index (χ4n) is 4.47. The summed E-state index contributed by atoms with van der Waals surface area (Å²) in [7, 11) is 0. The van der Waals surface area contributed by atoms with Crippen LogP contribution in [0.2, 0.25) is 0 Å². The number of nitrogens with zero attached hydrogens (tertiary/aromatic N) is 2. The van der Waals surface area contributed by atoms with Gasteiger partial charge in [0.15, 0.2) is 6.04 Å².